The van der Waals surface area contributed by atoms with E-state index in [0.717, 1.165) is 0 Å². The summed E-state index contributed by atoms with van der Waals surface area (Å²) >= 11 is 0. The van der Waals surface area contributed by atoms with Crippen molar-refractivity contribution in [3.8, 4) is 0 Å². The number of amides is 2. The van der Waals surface area contributed by atoms with Gasteiger partial charge in [0.15, 0.2) is 0 Å². The molecule has 0 saturated heterocycles. The van der Waals surface area contributed by atoms with E-state index in [-0.39, 0.29) is 12.4 Å². The maximum absolute atomic E-state index is 13.0. The average molecular weight is 296 g/mol. The standard InChI is InChI=1S/C15H21FN2O3/c1-4-15(5-2,13(19)20)9-17-14(21)18-12-7-6-11(16)8-10(12)3/h6-8H,4-5,9H2,1-3H3,(H,19,20)(H2,17,18,21). The van der Waals surface area contributed by atoms with Crippen LogP contribution in [0.4, 0.5) is 14.9 Å². The van der Waals surface area contributed by atoms with E-state index in [2.05, 4.69) is 10.6 Å². The second kappa shape index (κ2) is 7.06. The summed E-state index contributed by atoms with van der Waals surface area (Å²) < 4.78 is 13.0. The molecular formula is C15H21FN2O3. The van der Waals surface area contributed by atoms with Crippen LogP contribution in [-0.4, -0.2) is 23.7 Å². The van der Waals surface area contributed by atoms with Crippen LogP contribution < -0.4 is 10.6 Å². The van der Waals surface area contributed by atoms with Crippen LogP contribution in [0.15, 0.2) is 18.2 Å². The lowest BCUT2D eigenvalue weighted by atomic mass is 9.82. The van der Waals surface area contributed by atoms with E-state index in [4.69, 9.17) is 0 Å². The predicted molar refractivity (Wildman–Crippen MR) is 78.8 cm³/mol. The van der Waals surface area contributed by atoms with E-state index in [9.17, 15) is 19.1 Å². The first-order valence-corrected chi connectivity index (χ1v) is 6.89. The highest BCUT2D eigenvalue weighted by molar-refractivity contribution is 5.90. The highest BCUT2D eigenvalue weighted by atomic mass is 19.1. The molecule has 21 heavy (non-hydrogen) atoms. The molecule has 0 aliphatic carbocycles. The summed E-state index contributed by atoms with van der Waals surface area (Å²) in [5.74, 6) is -1.30. The van der Waals surface area contributed by atoms with Crippen LogP contribution >= 0.6 is 0 Å². The fourth-order valence-corrected chi connectivity index (χ4v) is 2.06. The van der Waals surface area contributed by atoms with Gasteiger partial charge < -0.3 is 15.7 Å². The van der Waals surface area contributed by atoms with Gasteiger partial charge in [-0.25, -0.2) is 9.18 Å². The summed E-state index contributed by atoms with van der Waals surface area (Å²) in [4.78, 5) is 23.2. The highest BCUT2D eigenvalue weighted by Gasteiger charge is 2.35. The molecule has 2 amide bonds. The summed E-state index contributed by atoms with van der Waals surface area (Å²) in [7, 11) is 0. The Labute approximate surface area is 123 Å². The van der Waals surface area contributed by atoms with Crippen LogP contribution in [0.3, 0.4) is 0 Å². The lowest BCUT2D eigenvalue weighted by molar-refractivity contribution is -0.149. The Bertz CT molecular complexity index is 528. The Morgan fingerprint density at radius 2 is 1.90 bits per heavy atom. The maximum Gasteiger partial charge on any atom is 0.319 e. The molecule has 0 aliphatic rings. The van der Waals surface area contributed by atoms with E-state index in [1.165, 1.54) is 18.2 Å². The molecule has 0 radical (unpaired) electrons. The zero-order valence-electron chi connectivity index (χ0n) is 12.5. The number of carbonyl (C=O) groups is 2. The zero-order chi connectivity index (χ0) is 16.0. The molecule has 6 heteroatoms. The Morgan fingerprint density at radius 1 is 1.29 bits per heavy atom. The van der Waals surface area contributed by atoms with E-state index < -0.39 is 17.4 Å². The van der Waals surface area contributed by atoms with Gasteiger partial charge in [0.1, 0.15) is 5.82 Å². The lowest BCUT2D eigenvalue weighted by Crippen LogP contribution is -2.43. The Hall–Kier alpha value is -2.11. The molecule has 0 aromatic heterocycles. The third-order valence-corrected chi connectivity index (χ3v) is 3.83. The van der Waals surface area contributed by atoms with Gasteiger partial charge in [0, 0.05) is 12.2 Å². The third-order valence-electron chi connectivity index (χ3n) is 3.83. The zero-order valence-corrected chi connectivity index (χ0v) is 12.5. The molecule has 0 spiro atoms. The maximum atomic E-state index is 13.0. The highest BCUT2D eigenvalue weighted by Crippen LogP contribution is 2.25. The van der Waals surface area contributed by atoms with Crippen molar-refractivity contribution in [3.05, 3.63) is 29.6 Å². The number of anilines is 1. The number of aryl methyl sites for hydroxylation is 1. The number of nitrogens with one attached hydrogen (secondary N) is 2. The van der Waals surface area contributed by atoms with Crippen LogP contribution in [0.25, 0.3) is 0 Å². The largest absolute Gasteiger partial charge is 0.481 e. The van der Waals surface area contributed by atoms with Gasteiger partial charge in [-0.3, -0.25) is 4.79 Å². The van der Waals surface area contributed by atoms with Gasteiger partial charge in [0.25, 0.3) is 0 Å². The molecule has 1 aromatic carbocycles. The van der Waals surface area contributed by atoms with Gasteiger partial charge in [-0.05, 0) is 43.5 Å². The molecule has 0 heterocycles. The van der Waals surface area contributed by atoms with E-state index in [1.54, 1.807) is 20.8 Å². The fourth-order valence-electron chi connectivity index (χ4n) is 2.06. The number of urea groups is 1. The molecular weight excluding hydrogens is 275 g/mol. The van der Waals surface area contributed by atoms with Crippen molar-refractivity contribution >= 4 is 17.7 Å². The number of hydrogen-bond donors (Lipinski definition) is 3. The normalized spacial score (nSPS) is 11.0. The Kier molecular flexibility index (Phi) is 5.69. The summed E-state index contributed by atoms with van der Waals surface area (Å²) in [6.07, 6.45) is 0.851. The first-order valence-electron chi connectivity index (χ1n) is 6.89. The first-order chi connectivity index (χ1) is 9.84. The average Bonchev–Trinajstić information content (AvgIpc) is 2.43. The number of hydrogen-bond acceptors (Lipinski definition) is 2. The number of benzene rings is 1. The molecule has 1 rings (SSSR count). The minimum Gasteiger partial charge on any atom is -0.481 e. The minimum atomic E-state index is -0.963. The number of aliphatic carboxylic acids is 1. The number of rotatable bonds is 6. The topological polar surface area (TPSA) is 78.4 Å². The molecule has 0 aliphatic heterocycles. The monoisotopic (exact) mass is 296 g/mol. The van der Waals surface area contributed by atoms with Gasteiger partial charge in [-0.2, -0.15) is 0 Å². The number of carboxylic acids is 1. The van der Waals surface area contributed by atoms with Crippen molar-refractivity contribution in [1.82, 2.24) is 5.32 Å². The van der Waals surface area contributed by atoms with Gasteiger partial charge in [0.2, 0.25) is 0 Å². The second-order valence-corrected chi connectivity index (χ2v) is 5.06. The van der Waals surface area contributed by atoms with E-state index >= 15 is 0 Å². The molecule has 1 aromatic rings. The quantitative estimate of drug-likeness (QED) is 0.754. The molecule has 0 atom stereocenters. The van der Waals surface area contributed by atoms with Crippen molar-refractivity contribution in [2.24, 2.45) is 5.41 Å². The van der Waals surface area contributed by atoms with Crippen LogP contribution in [0, 0.1) is 18.2 Å². The summed E-state index contributed by atoms with van der Waals surface area (Å²) in [6.45, 7) is 5.28. The summed E-state index contributed by atoms with van der Waals surface area (Å²) in [6, 6.07) is 3.53. The molecule has 0 fully saturated rings. The Balaban J connectivity index is 2.67. The predicted octanol–water partition coefficient (Wildman–Crippen LogP) is 3.15. The smallest absolute Gasteiger partial charge is 0.319 e. The summed E-state index contributed by atoms with van der Waals surface area (Å²) in [5, 5.41) is 14.4. The molecule has 0 unspecified atom stereocenters. The van der Waals surface area contributed by atoms with Gasteiger partial charge in [0.05, 0.1) is 5.41 Å². The SMILES string of the molecule is CCC(CC)(CNC(=O)Nc1ccc(F)cc1C)C(=O)O. The van der Waals surface area contributed by atoms with Gasteiger partial charge in [-0.15, -0.1) is 0 Å². The first kappa shape index (κ1) is 16.9. The number of carbonyl (C=O) groups excluding carboxylic acids is 1. The summed E-state index contributed by atoms with van der Waals surface area (Å²) in [5.41, 5.74) is 0.123. The van der Waals surface area contributed by atoms with Gasteiger partial charge in [-0.1, -0.05) is 13.8 Å². The molecule has 0 bridgehead atoms. The number of carboxylic acid groups (broad SMARTS) is 1. The van der Waals surface area contributed by atoms with Crippen molar-refractivity contribution in [2.75, 3.05) is 11.9 Å². The van der Waals surface area contributed by atoms with Crippen LogP contribution in [0.5, 0.6) is 0 Å². The van der Waals surface area contributed by atoms with Crippen LogP contribution in [0.2, 0.25) is 0 Å². The van der Waals surface area contributed by atoms with Crippen molar-refractivity contribution in [3.63, 3.8) is 0 Å². The van der Waals surface area contributed by atoms with Crippen molar-refractivity contribution in [2.45, 2.75) is 33.6 Å². The molecule has 5 nitrogen and oxygen atoms in total. The van der Waals surface area contributed by atoms with E-state index in [1.807, 2.05) is 0 Å². The number of halogens is 1. The van der Waals surface area contributed by atoms with E-state index in [0.29, 0.717) is 24.1 Å². The second-order valence-electron chi connectivity index (χ2n) is 5.06. The van der Waals surface area contributed by atoms with Crippen molar-refractivity contribution in [1.29, 1.82) is 0 Å². The Morgan fingerprint density at radius 3 is 2.38 bits per heavy atom. The van der Waals surface area contributed by atoms with Crippen LogP contribution in [0.1, 0.15) is 32.3 Å². The van der Waals surface area contributed by atoms with Crippen molar-refractivity contribution < 1.29 is 19.1 Å². The molecule has 116 valence electrons. The third kappa shape index (κ3) is 4.18. The minimum absolute atomic E-state index is 0.0431. The lowest BCUT2D eigenvalue weighted by Gasteiger charge is -2.26. The fraction of sp³-hybridized carbons (Fsp3) is 0.467. The van der Waals surface area contributed by atoms with Crippen LogP contribution in [-0.2, 0) is 4.79 Å². The molecule has 3 N–H and O–H groups in total. The van der Waals surface area contributed by atoms with Gasteiger partial charge >= 0.3 is 12.0 Å². The molecule has 0 saturated carbocycles.